The number of ether oxygens (including phenoxy) is 1. The molecule has 0 bridgehead atoms. The van der Waals surface area contributed by atoms with Crippen LogP contribution in [0, 0.1) is 31.1 Å². The lowest BCUT2D eigenvalue weighted by Crippen LogP contribution is -2.54. The number of aryl methyl sites for hydroxylation is 2. The molecule has 2 unspecified atom stereocenters. The van der Waals surface area contributed by atoms with Crippen molar-refractivity contribution in [1.82, 2.24) is 15.3 Å². The van der Waals surface area contributed by atoms with E-state index in [0.717, 1.165) is 42.0 Å². The molecule has 2 atom stereocenters. The van der Waals surface area contributed by atoms with Gasteiger partial charge in [0.2, 0.25) is 11.8 Å². The van der Waals surface area contributed by atoms with Crippen molar-refractivity contribution >= 4 is 21.9 Å². The first kappa shape index (κ1) is 32.1. The smallest absolute Gasteiger partial charge is 0.335 e. The van der Waals surface area contributed by atoms with Crippen LogP contribution in [0.5, 0.6) is 5.88 Å². The molecule has 3 aromatic rings. The van der Waals surface area contributed by atoms with E-state index in [1.807, 2.05) is 38.1 Å². The molecule has 0 amide bonds. The lowest BCUT2D eigenvalue weighted by Gasteiger charge is -2.42. The molecule has 3 N–H and O–H groups in total. The number of rotatable bonds is 13. The molecule has 250 valence electrons. The minimum atomic E-state index is -4.20. The molecule has 10 heteroatoms. The fourth-order valence-corrected chi connectivity index (χ4v) is 8.98. The standard InChI is InChI=1S/C37H46N4O5S/c1-23-8-6-9-24(2)33(23)30-20-32(40-36(39-30)41-47(44,45)29-13-7-12-27(19-29)35(42)43)46-34(26-14-15-26)31(18-25-10-4-3-5-11-25)38-28-21-37(22-28)16-17-37/h6-9,12-13,19-20,25-26,28,31,34,38H,3-5,10-11,14-18,21-22H2,1-2H3,(H,42,43)(H,39,40,41). The highest BCUT2D eigenvalue weighted by atomic mass is 32.2. The summed E-state index contributed by atoms with van der Waals surface area (Å²) < 4.78 is 36.5. The average Bonchev–Trinajstić information content (AvgIpc) is 3.95. The Morgan fingerprint density at radius 1 is 0.979 bits per heavy atom. The van der Waals surface area contributed by atoms with Gasteiger partial charge in [-0.1, -0.05) is 56.4 Å². The molecule has 7 rings (SSSR count). The molecule has 2 aromatic carbocycles. The van der Waals surface area contributed by atoms with Crippen LogP contribution in [-0.4, -0.2) is 47.6 Å². The van der Waals surface area contributed by atoms with Crippen molar-refractivity contribution in [2.45, 2.75) is 114 Å². The SMILES string of the molecule is Cc1cccc(C)c1-c1cc(OC(C2CC2)C(CC2CCCCC2)NC2CC3(CC3)C2)nc(NS(=O)(=O)c2cccc(C(=O)O)c2)n1. The van der Waals surface area contributed by atoms with Crippen molar-refractivity contribution in [3.63, 3.8) is 0 Å². The van der Waals surface area contributed by atoms with E-state index in [0.29, 0.717) is 34.9 Å². The number of aromatic carboxylic acids is 1. The van der Waals surface area contributed by atoms with Gasteiger partial charge in [-0.15, -0.1) is 0 Å². The maximum Gasteiger partial charge on any atom is 0.335 e. The Hall–Kier alpha value is -3.50. The molecule has 1 aromatic heterocycles. The highest BCUT2D eigenvalue weighted by Crippen LogP contribution is 2.60. The Kier molecular flexibility index (Phi) is 8.76. The molecular weight excluding hydrogens is 612 g/mol. The normalized spacial score (nSPS) is 20.7. The summed E-state index contributed by atoms with van der Waals surface area (Å²) >= 11 is 0. The van der Waals surface area contributed by atoms with Gasteiger partial charge in [-0.3, -0.25) is 0 Å². The quantitative estimate of drug-likeness (QED) is 0.175. The summed E-state index contributed by atoms with van der Waals surface area (Å²) in [6.07, 6.45) is 14.9. The number of aromatic nitrogens is 2. The van der Waals surface area contributed by atoms with Gasteiger partial charge in [-0.2, -0.15) is 4.98 Å². The second-order valence-electron chi connectivity index (χ2n) is 14.7. The first-order chi connectivity index (χ1) is 22.6. The maximum absolute atomic E-state index is 13.5. The number of nitrogens with one attached hydrogen (secondary N) is 2. The number of sulfonamides is 1. The molecule has 4 aliphatic carbocycles. The third-order valence-corrected chi connectivity index (χ3v) is 12.2. The van der Waals surface area contributed by atoms with E-state index in [1.165, 1.54) is 76.0 Å². The predicted octanol–water partition coefficient (Wildman–Crippen LogP) is 7.29. The van der Waals surface area contributed by atoms with Crippen LogP contribution >= 0.6 is 0 Å². The molecule has 0 radical (unpaired) electrons. The number of benzene rings is 2. The van der Waals surface area contributed by atoms with Gasteiger partial charge in [-0.05, 0) is 105 Å². The van der Waals surface area contributed by atoms with Gasteiger partial charge in [0.05, 0.1) is 16.2 Å². The lowest BCUT2D eigenvalue weighted by atomic mass is 9.75. The number of carboxylic acid groups (broad SMARTS) is 1. The molecule has 4 aliphatic rings. The van der Waals surface area contributed by atoms with E-state index in [9.17, 15) is 18.3 Å². The van der Waals surface area contributed by atoms with Crippen molar-refractivity contribution in [3.05, 3.63) is 65.2 Å². The Bertz CT molecular complexity index is 1720. The van der Waals surface area contributed by atoms with Crippen molar-refractivity contribution in [2.24, 2.45) is 17.3 Å². The number of hydrogen-bond acceptors (Lipinski definition) is 7. The second-order valence-corrected chi connectivity index (χ2v) is 16.3. The van der Waals surface area contributed by atoms with Gasteiger partial charge in [0.25, 0.3) is 10.0 Å². The second kappa shape index (κ2) is 12.8. The van der Waals surface area contributed by atoms with Crippen LogP contribution in [0.25, 0.3) is 11.3 Å². The van der Waals surface area contributed by atoms with Crippen molar-refractivity contribution in [3.8, 4) is 17.1 Å². The monoisotopic (exact) mass is 658 g/mol. The lowest BCUT2D eigenvalue weighted by molar-refractivity contribution is 0.0696. The van der Waals surface area contributed by atoms with E-state index in [1.54, 1.807) is 0 Å². The average molecular weight is 659 g/mol. The molecule has 4 fully saturated rings. The fraction of sp³-hybridized carbons (Fsp3) is 0.541. The number of hydrogen-bond donors (Lipinski definition) is 3. The van der Waals surface area contributed by atoms with Crippen molar-refractivity contribution < 1.29 is 23.1 Å². The highest BCUT2D eigenvalue weighted by Gasteiger charge is 2.54. The molecule has 1 spiro atoms. The van der Waals surface area contributed by atoms with Gasteiger partial charge in [0.15, 0.2) is 0 Å². The van der Waals surface area contributed by atoms with Crippen molar-refractivity contribution in [2.75, 3.05) is 4.72 Å². The molecule has 1 heterocycles. The Balaban J connectivity index is 1.22. The predicted molar refractivity (Wildman–Crippen MR) is 181 cm³/mol. The summed E-state index contributed by atoms with van der Waals surface area (Å²) in [4.78, 5) is 20.7. The molecule has 47 heavy (non-hydrogen) atoms. The summed E-state index contributed by atoms with van der Waals surface area (Å²) in [5, 5.41) is 13.5. The first-order valence-electron chi connectivity index (χ1n) is 17.3. The molecule has 0 aliphatic heterocycles. The van der Waals surface area contributed by atoms with Crippen LogP contribution in [0.3, 0.4) is 0 Å². The van der Waals surface area contributed by atoms with Gasteiger partial charge in [0.1, 0.15) is 6.10 Å². The molecule has 4 saturated carbocycles. The van der Waals surface area contributed by atoms with Crippen LogP contribution in [0.4, 0.5) is 5.95 Å². The maximum atomic E-state index is 13.5. The summed E-state index contributed by atoms with van der Waals surface area (Å²) in [5.74, 6) is 0.128. The zero-order valence-electron chi connectivity index (χ0n) is 27.4. The van der Waals surface area contributed by atoms with Crippen LogP contribution in [0.15, 0.2) is 53.4 Å². The van der Waals surface area contributed by atoms with E-state index in [-0.39, 0.29) is 28.6 Å². The zero-order chi connectivity index (χ0) is 32.8. The first-order valence-corrected chi connectivity index (χ1v) is 18.8. The van der Waals surface area contributed by atoms with Crippen LogP contribution in [0.2, 0.25) is 0 Å². The van der Waals surface area contributed by atoms with Gasteiger partial charge < -0.3 is 15.2 Å². The third kappa shape index (κ3) is 7.33. The van der Waals surface area contributed by atoms with Gasteiger partial charge in [0, 0.05) is 23.7 Å². The number of anilines is 1. The summed E-state index contributed by atoms with van der Waals surface area (Å²) in [7, 11) is -4.20. The Morgan fingerprint density at radius 3 is 2.34 bits per heavy atom. The van der Waals surface area contributed by atoms with Crippen LogP contribution in [0.1, 0.15) is 98.5 Å². The topological polar surface area (TPSA) is 131 Å². The van der Waals surface area contributed by atoms with Crippen LogP contribution in [-0.2, 0) is 10.0 Å². The largest absolute Gasteiger partial charge is 0.478 e. The van der Waals surface area contributed by atoms with E-state index < -0.39 is 16.0 Å². The van der Waals surface area contributed by atoms with E-state index >= 15 is 0 Å². The van der Waals surface area contributed by atoms with E-state index in [2.05, 4.69) is 20.0 Å². The minimum absolute atomic E-state index is 0.0786. The zero-order valence-corrected chi connectivity index (χ0v) is 28.2. The summed E-state index contributed by atoms with van der Waals surface area (Å²) in [6, 6.07) is 13.8. The number of carbonyl (C=O) groups is 1. The highest BCUT2D eigenvalue weighted by molar-refractivity contribution is 7.92. The third-order valence-electron chi connectivity index (χ3n) is 10.9. The van der Waals surface area contributed by atoms with E-state index in [4.69, 9.17) is 4.74 Å². The number of carboxylic acids is 1. The summed E-state index contributed by atoms with van der Waals surface area (Å²) in [6.45, 7) is 4.02. The molecule has 9 nitrogen and oxygen atoms in total. The molecule has 0 saturated heterocycles. The molecular formula is C37H46N4O5S. The number of nitrogens with zero attached hydrogens (tertiary/aromatic N) is 2. The minimum Gasteiger partial charge on any atom is -0.478 e. The van der Waals surface area contributed by atoms with Crippen molar-refractivity contribution in [1.29, 1.82) is 0 Å². The Morgan fingerprint density at radius 2 is 1.68 bits per heavy atom. The summed E-state index contributed by atoms with van der Waals surface area (Å²) in [5.41, 5.74) is 3.97. The Labute approximate surface area is 278 Å². The van der Waals surface area contributed by atoms with Crippen LogP contribution < -0.4 is 14.8 Å². The van der Waals surface area contributed by atoms with Gasteiger partial charge >= 0.3 is 5.97 Å². The fourth-order valence-electron chi connectivity index (χ4n) is 7.99. The van der Waals surface area contributed by atoms with Gasteiger partial charge in [-0.25, -0.2) is 22.9 Å².